The molecule has 0 spiro atoms. The van der Waals surface area contributed by atoms with Crippen molar-refractivity contribution in [3.63, 3.8) is 0 Å². The van der Waals surface area contributed by atoms with Crippen molar-refractivity contribution in [1.82, 2.24) is 10.1 Å². The first-order chi connectivity index (χ1) is 9.10. The lowest BCUT2D eigenvalue weighted by atomic mass is 10.2. The number of benzene rings is 1. The fourth-order valence-electron chi connectivity index (χ4n) is 1.50. The molecule has 19 heavy (non-hydrogen) atoms. The van der Waals surface area contributed by atoms with E-state index in [0.717, 1.165) is 6.07 Å². The molecule has 2 aromatic rings. The van der Waals surface area contributed by atoms with E-state index in [2.05, 4.69) is 10.1 Å². The number of hydrogen-bond donors (Lipinski definition) is 1. The molecule has 98 valence electrons. The Morgan fingerprint density at radius 2 is 2.32 bits per heavy atom. The van der Waals surface area contributed by atoms with Crippen LogP contribution in [0, 0.1) is 17.1 Å². The Morgan fingerprint density at radius 3 is 3.00 bits per heavy atom. The molecule has 1 aromatic carbocycles. The summed E-state index contributed by atoms with van der Waals surface area (Å²) in [6.07, 6.45) is -0.795. The molecule has 2 rings (SSSR count). The van der Waals surface area contributed by atoms with Crippen molar-refractivity contribution in [2.45, 2.75) is 18.9 Å². The average molecular weight is 282 g/mol. The Bertz CT molecular complexity index is 624. The summed E-state index contributed by atoms with van der Waals surface area (Å²) in [5.74, 6) is -0.0517. The molecule has 0 saturated heterocycles. The number of aliphatic hydroxyl groups excluding tert-OH is 1. The van der Waals surface area contributed by atoms with Crippen LogP contribution in [0.1, 0.15) is 12.3 Å². The van der Waals surface area contributed by atoms with Crippen molar-refractivity contribution in [2.75, 3.05) is 0 Å². The molecule has 7 heteroatoms. The molecule has 0 amide bonds. The third-order valence-electron chi connectivity index (χ3n) is 2.38. The van der Waals surface area contributed by atoms with Crippen LogP contribution in [-0.4, -0.2) is 21.4 Å². The maximum Gasteiger partial charge on any atom is 0.229 e. The molecule has 0 aliphatic carbocycles. The van der Waals surface area contributed by atoms with Gasteiger partial charge in [-0.25, -0.2) is 4.39 Å². The second-order valence-electron chi connectivity index (χ2n) is 3.86. The molecule has 5 nitrogen and oxygen atoms in total. The van der Waals surface area contributed by atoms with Gasteiger partial charge in [-0.1, -0.05) is 16.8 Å². The highest BCUT2D eigenvalue weighted by atomic mass is 35.5. The molecule has 0 aliphatic rings. The summed E-state index contributed by atoms with van der Waals surface area (Å²) in [6.45, 7) is 0. The minimum atomic E-state index is -0.859. The zero-order chi connectivity index (χ0) is 13.8. The normalized spacial score (nSPS) is 12.1. The number of halogens is 2. The van der Waals surface area contributed by atoms with Gasteiger partial charge >= 0.3 is 0 Å². The van der Waals surface area contributed by atoms with Crippen LogP contribution < -0.4 is 0 Å². The summed E-state index contributed by atoms with van der Waals surface area (Å²) in [6, 6.07) is 5.67. The summed E-state index contributed by atoms with van der Waals surface area (Å²) in [5, 5.41) is 21.8. The van der Waals surface area contributed by atoms with E-state index in [1.165, 1.54) is 12.1 Å². The fraction of sp³-hybridized carbons (Fsp3) is 0.250. The van der Waals surface area contributed by atoms with Gasteiger partial charge < -0.3 is 9.63 Å². The smallest absolute Gasteiger partial charge is 0.229 e. The zero-order valence-electron chi connectivity index (χ0n) is 9.68. The standard InChI is InChI=1S/C12H9ClFN3O2/c13-10-5-7(14)1-2-9(10)12-16-11(19-17-12)6-8(18)3-4-15/h1-2,5,8,18H,3,6H2. The molecule has 0 saturated carbocycles. The van der Waals surface area contributed by atoms with Crippen molar-refractivity contribution in [3.8, 4) is 17.5 Å². The van der Waals surface area contributed by atoms with Gasteiger partial charge in [0.25, 0.3) is 0 Å². The van der Waals surface area contributed by atoms with Crippen LogP contribution >= 0.6 is 11.6 Å². The van der Waals surface area contributed by atoms with Gasteiger partial charge in [0.05, 0.1) is 30.0 Å². The molecule has 0 bridgehead atoms. The van der Waals surface area contributed by atoms with Gasteiger partial charge in [0, 0.05) is 5.56 Å². The van der Waals surface area contributed by atoms with Gasteiger partial charge in [0.2, 0.25) is 11.7 Å². The molecule has 0 aliphatic heterocycles. The average Bonchev–Trinajstić information content (AvgIpc) is 2.77. The molecule has 0 radical (unpaired) electrons. The third kappa shape index (κ3) is 3.28. The molecule has 1 aromatic heterocycles. The summed E-state index contributed by atoms with van der Waals surface area (Å²) in [7, 11) is 0. The SMILES string of the molecule is N#CCC(O)Cc1nc(-c2ccc(F)cc2Cl)no1. The number of nitriles is 1. The first-order valence-corrected chi connectivity index (χ1v) is 5.81. The Balaban J connectivity index is 2.19. The lowest BCUT2D eigenvalue weighted by molar-refractivity contribution is 0.167. The summed E-state index contributed by atoms with van der Waals surface area (Å²) >= 11 is 5.87. The van der Waals surface area contributed by atoms with E-state index in [0.29, 0.717) is 5.56 Å². The Morgan fingerprint density at radius 1 is 1.53 bits per heavy atom. The lowest BCUT2D eigenvalue weighted by Gasteiger charge is -2.00. The molecule has 1 unspecified atom stereocenters. The van der Waals surface area contributed by atoms with Gasteiger partial charge in [-0.2, -0.15) is 10.2 Å². The van der Waals surface area contributed by atoms with Crippen LogP contribution in [0.4, 0.5) is 4.39 Å². The maximum absolute atomic E-state index is 12.9. The van der Waals surface area contributed by atoms with E-state index in [1.54, 1.807) is 0 Å². The Kier molecular flexibility index (Phi) is 4.10. The van der Waals surface area contributed by atoms with Crippen LogP contribution in [0.5, 0.6) is 0 Å². The lowest BCUT2D eigenvalue weighted by Crippen LogP contribution is -2.09. The first kappa shape index (κ1) is 13.5. The quantitative estimate of drug-likeness (QED) is 0.930. The van der Waals surface area contributed by atoms with Gasteiger partial charge in [-0.3, -0.25) is 0 Å². The van der Waals surface area contributed by atoms with Crippen molar-refractivity contribution in [1.29, 1.82) is 5.26 Å². The second kappa shape index (κ2) is 5.78. The fourth-order valence-corrected chi connectivity index (χ4v) is 1.75. The number of hydrogen-bond acceptors (Lipinski definition) is 5. The summed E-state index contributed by atoms with van der Waals surface area (Å²) in [4.78, 5) is 4.04. The third-order valence-corrected chi connectivity index (χ3v) is 2.69. The first-order valence-electron chi connectivity index (χ1n) is 5.43. The number of rotatable bonds is 4. The van der Waals surface area contributed by atoms with Crippen molar-refractivity contribution >= 4 is 11.6 Å². The highest BCUT2D eigenvalue weighted by Crippen LogP contribution is 2.26. The zero-order valence-corrected chi connectivity index (χ0v) is 10.4. The van der Waals surface area contributed by atoms with Gasteiger partial charge in [0.15, 0.2) is 0 Å². The molecule has 1 heterocycles. The summed E-state index contributed by atoms with van der Waals surface area (Å²) in [5.41, 5.74) is 0.438. The van der Waals surface area contributed by atoms with Crippen LogP contribution in [0.2, 0.25) is 5.02 Å². The number of aliphatic hydroxyl groups is 1. The van der Waals surface area contributed by atoms with Gasteiger partial charge in [-0.15, -0.1) is 0 Å². The van der Waals surface area contributed by atoms with E-state index >= 15 is 0 Å². The Hall–Kier alpha value is -1.97. The second-order valence-corrected chi connectivity index (χ2v) is 4.26. The molecular weight excluding hydrogens is 273 g/mol. The number of aromatic nitrogens is 2. The van der Waals surface area contributed by atoms with E-state index in [1.807, 2.05) is 6.07 Å². The predicted octanol–water partition coefficient (Wildman–Crippen LogP) is 2.35. The van der Waals surface area contributed by atoms with Crippen molar-refractivity contribution in [2.24, 2.45) is 0 Å². The van der Waals surface area contributed by atoms with Gasteiger partial charge in [0.1, 0.15) is 5.82 Å². The van der Waals surface area contributed by atoms with Crippen LogP contribution in [0.15, 0.2) is 22.7 Å². The van der Waals surface area contributed by atoms with E-state index in [4.69, 9.17) is 21.4 Å². The van der Waals surface area contributed by atoms with Crippen molar-refractivity contribution < 1.29 is 14.0 Å². The van der Waals surface area contributed by atoms with Crippen molar-refractivity contribution in [3.05, 3.63) is 34.9 Å². The topological polar surface area (TPSA) is 82.9 Å². The van der Waals surface area contributed by atoms with E-state index < -0.39 is 11.9 Å². The van der Waals surface area contributed by atoms with Gasteiger partial charge in [-0.05, 0) is 18.2 Å². The van der Waals surface area contributed by atoms with Crippen LogP contribution in [0.3, 0.4) is 0 Å². The molecule has 0 fully saturated rings. The minimum absolute atomic E-state index is 0.0188. The monoisotopic (exact) mass is 281 g/mol. The van der Waals surface area contributed by atoms with E-state index in [9.17, 15) is 9.50 Å². The Labute approximate surface area is 113 Å². The minimum Gasteiger partial charge on any atom is -0.392 e. The van der Waals surface area contributed by atoms with E-state index in [-0.39, 0.29) is 29.6 Å². The molecule has 1 N–H and O–H groups in total. The molecular formula is C12H9ClFN3O2. The highest BCUT2D eigenvalue weighted by molar-refractivity contribution is 6.33. The van der Waals surface area contributed by atoms with Crippen LogP contribution in [-0.2, 0) is 6.42 Å². The summed E-state index contributed by atoms with van der Waals surface area (Å²) < 4.78 is 17.9. The molecule has 1 atom stereocenters. The largest absolute Gasteiger partial charge is 0.392 e. The number of nitrogens with zero attached hydrogens (tertiary/aromatic N) is 3. The predicted molar refractivity (Wildman–Crippen MR) is 64.6 cm³/mol. The highest BCUT2D eigenvalue weighted by Gasteiger charge is 2.15. The maximum atomic E-state index is 12.9. The van der Waals surface area contributed by atoms with Crippen LogP contribution in [0.25, 0.3) is 11.4 Å².